The molecular formula is C7H9ClN4O3S. The highest BCUT2D eigenvalue weighted by Gasteiger charge is 2.16. The van der Waals surface area contributed by atoms with Gasteiger partial charge in [-0.1, -0.05) is 16.1 Å². The van der Waals surface area contributed by atoms with Crippen LogP contribution in [0.25, 0.3) is 0 Å². The van der Waals surface area contributed by atoms with Crippen molar-refractivity contribution in [1.29, 1.82) is 0 Å². The highest BCUT2D eigenvalue weighted by Crippen LogP contribution is 2.18. The lowest BCUT2D eigenvalue weighted by Gasteiger charge is -2.16. The first-order chi connectivity index (χ1) is 7.49. The van der Waals surface area contributed by atoms with Crippen LogP contribution in [0.5, 0.6) is 0 Å². The van der Waals surface area contributed by atoms with Crippen LogP contribution in [-0.4, -0.2) is 44.6 Å². The van der Waals surface area contributed by atoms with Gasteiger partial charge in [0.15, 0.2) is 0 Å². The molecule has 0 saturated heterocycles. The number of halogens is 1. The fourth-order valence-electron chi connectivity index (χ4n) is 1.08. The van der Waals surface area contributed by atoms with Crippen LogP contribution >= 0.6 is 23.1 Å². The summed E-state index contributed by atoms with van der Waals surface area (Å²) in [6, 6.07) is 0. The molecule has 16 heavy (non-hydrogen) atoms. The third-order valence-electron chi connectivity index (χ3n) is 1.62. The number of carbonyl (C=O) groups is 2. The lowest BCUT2D eigenvalue weighted by atomic mass is 10.4. The number of hydrogen-bond acceptors (Lipinski definition) is 6. The zero-order valence-corrected chi connectivity index (χ0v) is 9.66. The predicted octanol–water partition coefficient (Wildman–Crippen LogP) is -0.437. The fraction of sp³-hybridized carbons (Fsp3) is 0.429. The molecule has 0 bridgehead atoms. The minimum absolute atomic E-state index is 0.130. The third-order valence-corrected chi connectivity index (χ3v) is 2.61. The van der Waals surface area contributed by atoms with E-state index in [2.05, 4.69) is 9.59 Å². The van der Waals surface area contributed by atoms with Crippen molar-refractivity contribution in [3.05, 3.63) is 10.0 Å². The molecule has 0 aliphatic carbocycles. The Kier molecular flexibility index (Phi) is 4.59. The molecule has 1 rings (SSSR count). The maximum absolute atomic E-state index is 10.7. The van der Waals surface area contributed by atoms with Crippen molar-refractivity contribution >= 4 is 35.0 Å². The minimum Gasteiger partial charge on any atom is -0.480 e. The summed E-state index contributed by atoms with van der Waals surface area (Å²) in [5.74, 6) is -1.67. The van der Waals surface area contributed by atoms with E-state index in [0.29, 0.717) is 10.0 Å². The van der Waals surface area contributed by atoms with Gasteiger partial charge in [-0.25, -0.2) is 0 Å². The Balaban J connectivity index is 2.66. The number of carbonyl (C=O) groups excluding carboxylic acids is 1. The molecule has 0 saturated carbocycles. The molecule has 1 aromatic rings. The van der Waals surface area contributed by atoms with Gasteiger partial charge in [0.25, 0.3) is 0 Å². The minimum atomic E-state index is -1.06. The average Bonchev–Trinajstić information content (AvgIpc) is 2.49. The van der Waals surface area contributed by atoms with E-state index < -0.39 is 11.9 Å². The summed E-state index contributed by atoms with van der Waals surface area (Å²) in [6.07, 6.45) is 0. The summed E-state index contributed by atoms with van der Waals surface area (Å²) < 4.78 is 3.98. The van der Waals surface area contributed by atoms with Gasteiger partial charge in [-0.2, -0.15) is 0 Å². The Hall–Kier alpha value is -1.25. The SMILES string of the molecule is NC(=O)CN(CC(=O)O)Cc1nnsc1Cl. The maximum Gasteiger partial charge on any atom is 0.317 e. The predicted molar refractivity (Wildman–Crippen MR) is 57.0 cm³/mol. The number of aliphatic carboxylic acids is 1. The van der Waals surface area contributed by atoms with Crippen LogP contribution in [-0.2, 0) is 16.1 Å². The molecule has 0 unspecified atom stereocenters. The lowest BCUT2D eigenvalue weighted by Crippen LogP contribution is -2.37. The van der Waals surface area contributed by atoms with E-state index in [1.54, 1.807) is 0 Å². The number of nitrogens with zero attached hydrogens (tertiary/aromatic N) is 3. The van der Waals surface area contributed by atoms with Gasteiger partial charge in [-0.15, -0.1) is 5.10 Å². The molecule has 88 valence electrons. The van der Waals surface area contributed by atoms with E-state index in [-0.39, 0.29) is 19.6 Å². The van der Waals surface area contributed by atoms with Crippen LogP contribution in [0.3, 0.4) is 0 Å². The molecule has 1 aromatic heterocycles. The molecule has 0 aromatic carbocycles. The molecular weight excluding hydrogens is 256 g/mol. The Morgan fingerprint density at radius 3 is 2.62 bits per heavy atom. The van der Waals surface area contributed by atoms with Crippen LogP contribution in [0.15, 0.2) is 0 Å². The summed E-state index contributed by atoms with van der Waals surface area (Å²) in [4.78, 5) is 22.6. The van der Waals surface area contributed by atoms with Gasteiger partial charge in [0.1, 0.15) is 10.0 Å². The maximum atomic E-state index is 10.7. The summed E-state index contributed by atoms with van der Waals surface area (Å²) in [7, 11) is 0. The van der Waals surface area contributed by atoms with Crippen molar-refractivity contribution < 1.29 is 14.7 Å². The standard InChI is InChI=1S/C7H9ClN4O3S/c8-7-4(10-11-16-7)1-12(2-5(9)13)3-6(14)15/h1-3H2,(H2,9,13)(H,14,15). The molecule has 7 nitrogen and oxygen atoms in total. The zero-order valence-electron chi connectivity index (χ0n) is 8.09. The van der Waals surface area contributed by atoms with Crippen molar-refractivity contribution in [3.63, 3.8) is 0 Å². The van der Waals surface area contributed by atoms with E-state index in [1.807, 2.05) is 0 Å². The summed E-state index contributed by atoms with van der Waals surface area (Å²) in [5.41, 5.74) is 5.44. The summed E-state index contributed by atoms with van der Waals surface area (Å²) in [5, 5.41) is 12.4. The smallest absolute Gasteiger partial charge is 0.317 e. The second kappa shape index (κ2) is 5.73. The first kappa shape index (κ1) is 12.8. The van der Waals surface area contributed by atoms with E-state index in [4.69, 9.17) is 22.4 Å². The number of rotatable bonds is 6. The van der Waals surface area contributed by atoms with Gasteiger partial charge in [0.2, 0.25) is 5.91 Å². The van der Waals surface area contributed by atoms with Crippen LogP contribution < -0.4 is 5.73 Å². The van der Waals surface area contributed by atoms with Crippen molar-refractivity contribution in [2.24, 2.45) is 5.73 Å². The van der Waals surface area contributed by atoms with Crippen LogP contribution in [0, 0.1) is 0 Å². The Morgan fingerprint density at radius 2 is 2.19 bits per heavy atom. The van der Waals surface area contributed by atoms with Gasteiger partial charge >= 0.3 is 5.97 Å². The van der Waals surface area contributed by atoms with Crippen LogP contribution in [0.4, 0.5) is 0 Å². The number of nitrogens with two attached hydrogens (primary N) is 1. The van der Waals surface area contributed by atoms with Gasteiger partial charge < -0.3 is 10.8 Å². The summed E-state index contributed by atoms with van der Waals surface area (Å²) in [6.45, 7) is -0.346. The number of amides is 1. The molecule has 0 spiro atoms. The van der Waals surface area contributed by atoms with E-state index in [9.17, 15) is 9.59 Å². The van der Waals surface area contributed by atoms with E-state index in [0.717, 1.165) is 11.5 Å². The molecule has 1 amide bonds. The Labute approximate surface area is 100.0 Å². The number of carboxylic acids is 1. The van der Waals surface area contributed by atoms with Crippen molar-refractivity contribution in [2.75, 3.05) is 13.1 Å². The number of hydrogen-bond donors (Lipinski definition) is 2. The monoisotopic (exact) mass is 264 g/mol. The highest BCUT2D eigenvalue weighted by atomic mass is 35.5. The van der Waals surface area contributed by atoms with Gasteiger partial charge in [-0.05, 0) is 0 Å². The van der Waals surface area contributed by atoms with Crippen molar-refractivity contribution in [2.45, 2.75) is 6.54 Å². The largest absolute Gasteiger partial charge is 0.480 e. The van der Waals surface area contributed by atoms with Crippen molar-refractivity contribution in [1.82, 2.24) is 14.5 Å². The molecule has 0 atom stereocenters. The molecule has 3 N–H and O–H groups in total. The van der Waals surface area contributed by atoms with Crippen LogP contribution in [0.1, 0.15) is 5.69 Å². The molecule has 0 radical (unpaired) electrons. The van der Waals surface area contributed by atoms with Crippen LogP contribution in [0.2, 0.25) is 4.34 Å². The Bertz CT molecular complexity index is 381. The number of aromatic nitrogens is 2. The van der Waals surface area contributed by atoms with Gasteiger partial charge in [0, 0.05) is 18.1 Å². The fourth-order valence-corrected chi connectivity index (χ4v) is 1.69. The average molecular weight is 265 g/mol. The van der Waals surface area contributed by atoms with E-state index in [1.165, 1.54) is 4.90 Å². The number of carboxylic acid groups (broad SMARTS) is 1. The van der Waals surface area contributed by atoms with Crippen molar-refractivity contribution in [3.8, 4) is 0 Å². The highest BCUT2D eigenvalue weighted by molar-refractivity contribution is 7.10. The third kappa shape index (κ3) is 4.09. The number of primary amides is 1. The lowest BCUT2D eigenvalue weighted by molar-refractivity contribution is -0.138. The normalized spacial score (nSPS) is 10.6. The molecule has 0 aliphatic heterocycles. The molecule has 0 aliphatic rings. The first-order valence-electron chi connectivity index (χ1n) is 4.18. The zero-order chi connectivity index (χ0) is 12.1. The second-order valence-electron chi connectivity index (χ2n) is 3.00. The molecule has 0 fully saturated rings. The first-order valence-corrected chi connectivity index (χ1v) is 5.33. The quantitative estimate of drug-likeness (QED) is 0.721. The summed E-state index contributed by atoms with van der Waals surface area (Å²) >= 11 is 6.76. The van der Waals surface area contributed by atoms with E-state index >= 15 is 0 Å². The molecule has 1 heterocycles. The molecule has 9 heteroatoms. The topological polar surface area (TPSA) is 109 Å². The van der Waals surface area contributed by atoms with Gasteiger partial charge in [-0.3, -0.25) is 14.5 Å². The second-order valence-corrected chi connectivity index (χ2v) is 4.35. The Morgan fingerprint density at radius 1 is 1.50 bits per heavy atom. The van der Waals surface area contributed by atoms with Gasteiger partial charge in [0.05, 0.1) is 13.1 Å².